The van der Waals surface area contributed by atoms with Crippen LogP contribution in [0.5, 0.6) is 5.75 Å². The molecule has 0 amide bonds. The number of hydrogen-bond donors (Lipinski definition) is 1. The van der Waals surface area contributed by atoms with E-state index in [2.05, 4.69) is 9.97 Å². The molecule has 4 nitrogen and oxygen atoms in total. The first-order valence-corrected chi connectivity index (χ1v) is 3.85. The smallest absolute Gasteiger partial charge is 0.129 e. The van der Waals surface area contributed by atoms with Crippen LogP contribution in [-0.2, 0) is 0 Å². The average Bonchev–Trinajstić information content (AvgIpc) is 2.19. The Balaban J connectivity index is 2.84. The van der Waals surface area contributed by atoms with Gasteiger partial charge in [-0.3, -0.25) is 0 Å². The van der Waals surface area contributed by atoms with Gasteiger partial charge in [0.1, 0.15) is 17.6 Å². The molecule has 0 bridgehead atoms. The van der Waals surface area contributed by atoms with Crippen molar-refractivity contribution in [2.45, 2.75) is 0 Å². The summed E-state index contributed by atoms with van der Waals surface area (Å²) in [6.45, 7) is 0. The minimum absolute atomic E-state index is 0.637. The van der Waals surface area contributed by atoms with E-state index in [1.165, 1.54) is 6.33 Å². The van der Waals surface area contributed by atoms with Crippen molar-refractivity contribution in [2.24, 2.45) is 0 Å². The van der Waals surface area contributed by atoms with Crippen LogP contribution in [0, 0.1) is 0 Å². The average molecular weight is 175 g/mol. The fourth-order valence-electron chi connectivity index (χ4n) is 1.25. The fourth-order valence-corrected chi connectivity index (χ4v) is 1.25. The van der Waals surface area contributed by atoms with E-state index in [-0.39, 0.29) is 0 Å². The maximum absolute atomic E-state index is 5.73. The van der Waals surface area contributed by atoms with E-state index in [1.807, 2.05) is 0 Å². The number of ether oxygens (including phenoxy) is 1. The van der Waals surface area contributed by atoms with Crippen LogP contribution in [0.2, 0.25) is 0 Å². The highest BCUT2D eigenvalue weighted by Gasteiger charge is 2.04. The number of nitrogen functional groups attached to an aromatic ring is 1. The first-order valence-electron chi connectivity index (χ1n) is 3.85. The highest BCUT2D eigenvalue weighted by molar-refractivity contribution is 5.93. The summed E-state index contributed by atoms with van der Waals surface area (Å²) in [7, 11) is 1.61. The summed E-state index contributed by atoms with van der Waals surface area (Å²) in [5.41, 5.74) is 7.10. The number of benzene rings is 1. The minimum Gasteiger partial charge on any atom is -0.496 e. The Bertz CT molecular complexity index is 442. The molecule has 66 valence electrons. The van der Waals surface area contributed by atoms with Gasteiger partial charge in [0.05, 0.1) is 18.2 Å². The summed E-state index contributed by atoms with van der Waals surface area (Å²) in [6.07, 6.45) is 3.16. The van der Waals surface area contributed by atoms with Crippen LogP contribution >= 0.6 is 0 Å². The molecule has 1 aromatic heterocycles. The fraction of sp³-hybridized carbons (Fsp3) is 0.111. The molecule has 0 saturated carbocycles. The second kappa shape index (κ2) is 2.90. The maximum atomic E-state index is 5.73. The van der Waals surface area contributed by atoms with E-state index in [9.17, 15) is 0 Å². The number of fused-ring (bicyclic) bond motifs is 1. The van der Waals surface area contributed by atoms with Crippen LogP contribution in [0.1, 0.15) is 0 Å². The van der Waals surface area contributed by atoms with Crippen molar-refractivity contribution >= 4 is 16.6 Å². The second-order valence-corrected chi connectivity index (χ2v) is 2.64. The van der Waals surface area contributed by atoms with Crippen molar-refractivity contribution in [1.29, 1.82) is 0 Å². The normalized spacial score (nSPS) is 10.2. The molecule has 0 saturated heterocycles. The summed E-state index contributed by atoms with van der Waals surface area (Å²) in [4.78, 5) is 7.99. The van der Waals surface area contributed by atoms with Gasteiger partial charge in [-0.2, -0.15) is 0 Å². The lowest BCUT2D eigenvalue weighted by molar-refractivity contribution is 0.419. The van der Waals surface area contributed by atoms with Crippen molar-refractivity contribution < 1.29 is 4.74 Å². The molecular weight excluding hydrogens is 166 g/mol. The molecule has 0 aliphatic carbocycles. The van der Waals surface area contributed by atoms with Gasteiger partial charge in [0.2, 0.25) is 0 Å². The third-order valence-corrected chi connectivity index (χ3v) is 1.89. The van der Waals surface area contributed by atoms with Gasteiger partial charge in [-0.15, -0.1) is 0 Å². The molecule has 1 heterocycles. The van der Waals surface area contributed by atoms with Crippen molar-refractivity contribution in [3.05, 3.63) is 24.7 Å². The van der Waals surface area contributed by atoms with Crippen LogP contribution in [0.3, 0.4) is 0 Å². The molecule has 2 N–H and O–H groups in total. The molecular formula is C9H9N3O. The van der Waals surface area contributed by atoms with Crippen molar-refractivity contribution in [1.82, 2.24) is 9.97 Å². The zero-order chi connectivity index (χ0) is 9.26. The lowest BCUT2D eigenvalue weighted by atomic mass is 10.2. The van der Waals surface area contributed by atoms with E-state index in [0.717, 1.165) is 16.7 Å². The molecule has 13 heavy (non-hydrogen) atoms. The zero-order valence-corrected chi connectivity index (χ0v) is 7.19. The van der Waals surface area contributed by atoms with Crippen LogP contribution in [0.15, 0.2) is 24.7 Å². The maximum Gasteiger partial charge on any atom is 0.129 e. The van der Waals surface area contributed by atoms with Gasteiger partial charge in [-0.05, 0) is 12.1 Å². The predicted molar refractivity (Wildman–Crippen MR) is 50.5 cm³/mol. The van der Waals surface area contributed by atoms with Crippen LogP contribution in [0.25, 0.3) is 10.9 Å². The molecule has 2 aromatic rings. The summed E-state index contributed by atoms with van der Waals surface area (Å²) in [5, 5.41) is 0.838. The van der Waals surface area contributed by atoms with Crippen molar-refractivity contribution in [3.63, 3.8) is 0 Å². The SMILES string of the molecule is COc1ccc(N)c2ncncc12. The molecule has 0 radical (unpaired) electrons. The first kappa shape index (κ1) is 7.79. The Morgan fingerprint density at radius 3 is 3.00 bits per heavy atom. The van der Waals surface area contributed by atoms with Gasteiger partial charge in [-0.1, -0.05) is 0 Å². The molecule has 1 aromatic carbocycles. The van der Waals surface area contributed by atoms with Crippen LogP contribution in [-0.4, -0.2) is 17.1 Å². The summed E-state index contributed by atoms with van der Waals surface area (Å²) in [6, 6.07) is 3.58. The Morgan fingerprint density at radius 2 is 2.23 bits per heavy atom. The molecule has 0 aliphatic rings. The Hall–Kier alpha value is -1.84. The number of nitrogens with zero attached hydrogens (tertiary/aromatic N) is 2. The second-order valence-electron chi connectivity index (χ2n) is 2.64. The largest absolute Gasteiger partial charge is 0.496 e. The number of nitrogens with two attached hydrogens (primary N) is 1. The van der Waals surface area contributed by atoms with Crippen LogP contribution in [0.4, 0.5) is 5.69 Å². The molecule has 0 unspecified atom stereocenters. The third kappa shape index (κ3) is 1.16. The van der Waals surface area contributed by atoms with E-state index < -0.39 is 0 Å². The summed E-state index contributed by atoms with van der Waals surface area (Å²) in [5.74, 6) is 0.741. The van der Waals surface area contributed by atoms with E-state index in [4.69, 9.17) is 10.5 Å². The Labute approximate surface area is 75.4 Å². The quantitative estimate of drug-likeness (QED) is 0.662. The van der Waals surface area contributed by atoms with E-state index >= 15 is 0 Å². The monoisotopic (exact) mass is 175 g/mol. The van der Waals surface area contributed by atoms with Gasteiger partial charge in [0, 0.05) is 6.20 Å². The van der Waals surface area contributed by atoms with Gasteiger partial charge in [0.25, 0.3) is 0 Å². The number of rotatable bonds is 1. The summed E-state index contributed by atoms with van der Waals surface area (Å²) < 4.78 is 5.15. The predicted octanol–water partition coefficient (Wildman–Crippen LogP) is 1.22. The van der Waals surface area contributed by atoms with E-state index in [1.54, 1.807) is 25.4 Å². The van der Waals surface area contributed by atoms with Crippen molar-refractivity contribution in [2.75, 3.05) is 12.8 Å². The number of hydrogen-bond acceptors (Lipinski definition) is 4. The van der Waals surface area contributed by atoms with Crippen molar-refractivity contribution in [3.8, 4) is 5.75 Å². The van der Waals surface area contributed by atoms with Gasteiger partial charge in [-0.25, -0.2) is 9.97 Å². The van der Waals surface area contributed by atoms with Crippen LogP contribution < -0.4 is 10.5 Å². The highest BCUT2D eigenvalue weighted by Crippen LogP contribution is 2.26. The minimum atomic E-state index is 0.637. The number of anilines is 1. The Kier molecular flexibility index (Phi) is 1.73. The van der Waals surface area contributed by atoms with Gasteiger partial charge in [0.15, 0.2) is 0 Å². The topological polar surface area (TPSA) is 61.0 Å². The summed E-state index contributed by atoms with van der Waals surface area (Å²) >= 11 is 0. The molecule has 0 fully saturated rings. The highest BCUT2D eigenvalue weighted by atomic mass is 16.5. The number of methoxy groups -OCH3 is 1. The first-order chi connectivity index (χ1) is 6.33. The van der Waals surface area contributed by atoms with Gasteiger partial charge >= 0.3 is 0 Å². The molecule has 0 atom stereocenters. The lowest BCUT2D eigenvalue weighted by Gasteiger charge is -2.05. The molecule has 0 aliphatic heterocycles. The number of aromatic nitrogens is 2. The molecule has 2 rings (SSSR count). The molecule has 0 spiro atoms. The van der Waals surface area contributed by atoms with E-state index in [0.29, 0.717) is 5.69 Å². The Morgan fingerprint density at radius 1 is 1.38 bits per heavy atom. The van der Waals surface area contributed by atoms with Gasteiger partial charge < -0.3 is 10.5 Å². The molecule has 4 heteroatoms. The zero-order valence-electron chi connectivity index (χ0n) is 7.19. The third-order valence-electron chi connectivity index (χ3n) is 1.89. The lowest BCUT2D eigenvalue weighted by Crippen LogP contribution is -1.93. The standard InChI is InChI=1S/C9H9N3O/c1-13-8-3-2-7(10)9-6(8)4-11-5-12-9/h2-5H,10H2,1H3.